The number of piperazine rings is 1. The fourth-order valence-electron chi connectivity index (χ4n) is 3.80. The van der Waals surface area contributed by atoms with Gasteiger partial charge < -0.3 is 30.3 Å². The predicted molar refractivity (Wildman–Crippen MR) is 121 cm³/mol. The summed E-state index contributed by atoms with van der Waals surface area (Å²) in [6.07, 6.45) is 0. The van der Waals surface area contributed by atoms with E-state index in [1.165, 1.54) is 5.69 Å². The monoisotopic (exact) mass is 418 g/mol. The lowest BCUT2D eigenvalue weighted by Gasteiger charge is -2.34. The number of hydrogen-bond acceptors (Lipinski definition) is 8. The SMILES string of the molecule is CN1CCN(c2ccc(Nc3nc4c(c(Oc5cccc(N)c5)n3)COC4)cc2)CC1. The van der Waals surface area contributed by atoms with E-state index in [0.29, 0.717) is 36.5 Å². The standard InChI is InChI=1S/C23H26N6O2/c1-28-9-11-29(12-10-28)18-7-5-17(6-8-18)25-23-26-21-15-30-14-20(21)22(27-23)31-19-4-2-3-16(24)13-19/h2-8,13H,9-12,14-15,24H2,1H3,(H,25,26,27). The molecule has 3 N–H and O–H groups in total. The topological polar surface area (TPSA) is 88.8 Å². The number of nitrogen functional groups attached to an aromatic ring is 1. The van der Waals surface area contributed by atoms with Crippen LogP contribution in [-0.4, -0.2) is 48.1 Å². The van der Waals surface area contributed by atoms with Gasteiger partial charge in [-0.05, 0) is 43.4 Å². The van der Waals surface area contributed by atoms with Gasteiger partial charge in [-0.3, -0.25) is 0 Å². The molecular weight excluding hydrogens is 392 g/mol. The summed E-state index contributed by atoms with van der Waals surface area (Å²) < 4.78 is 11.6. The molecule has 8 nitrogen and oxygen atoms in total. The number of ether oxygens (including phenoxy) is 2. The number of nitrogens with one attached hydrogen (secondary N) is 1. The van der Waals surface area contributed by atoms with Gasteiger partial charge in [-0.1, -0.05) is 6.07 Å². The quantitative estimate of drug-likeness (QED) is 0.610. The van der Waals surface area contributed by atoms with Gasteiger partial charge in [0.25, 0.3) is 0 Å². The van der Waals surface area contributed by atoms with E-state index in [-0.39, 0.29) is 0 Å². The van der Waals surface area contributed by atoms with Crippen molar-refractivity contribution >= 4 is 23.0 Å². The molecule has 1 aromatic heterocycles. The van der Waals surface area contributed by atoms with Crippen LogP contribution in [0.15, 0.2) is 48.5 Å². The molecule has 2 aliphatic rings. The van der Waals surface area contributed by atoms with Crippen molar-refractivity contribution in [3.05, 3.63) is 59.8 Å². The van der Waals surface area contributed by atoms with E-state index >= 15 is 0 Å². The summed E-state index contributed by atoms with van der Waals surface area (Å²) in [6, 6.07) is 15.7. The van der Waals surface area contributed by atoms with Crippen molar-refractivity contribution < 1.29 is 9.47 Å². The van der Waals surface area contributed by atoms with E-state index in [2.05, 4.69) is 56.4 Å². The van der Waals surface area contributed by atoms with Crippen molar-refractivity contribution in [1.29, 1.82) is 0 Å². The minimum atomic E-state index is 0.437. The molecule has 1 saturated heterocycles. The highest BCUT2D eigenvalue weighted by atomic mass is 16.5. The number of fused-ring (bicyclic) bond motifs is 1. The van der Waals surface area contributed by atoms with Crippen LogP contribution in [0, 0.1) is 0 Å². The first kappa shape index (κ1) is 19.6. The Morgan fingerprint density at radius 2 is 1.81 bits per heavy atom. The molecule has 0 amide bonds. The van der Waals surface area contributed by atoms with E-state index in [1.54, 1.807) is 6.07 Å². The molecule has 0 aliphatic carbocycles. The van der Waals surface area contributed by atoms with Gasteiger partial charge in [0.2, 0.25) is 11.8 Å². The van der Waals surface area contributed by atoms with Gasteiger partial charge in [0.15, 0.2) is 0 Å². The van der Waals surface area contributed by atoms with Crippen molar-refractivity contribution in [2.45, 2.75) is 13.2 Å². The van der Waals surface area contributed by atoms with Crippen LogP contribution in [0.4, 0.5) is 23.0 Å². The highest BCUT2D eigenvalue weighted by Gasteiger charge is 2.22. The number of nitrogens with two attached hydrogens (primary N) is 1. The molecule has 31 heavy (non-hydrogen) atoms. The molecule has 0 saturated carbocycles. The van der Waals surface area contributed by atoms with Crippen molar-refractivity contribution in [3.63, 3.8) is 0 Å². The highest BCUT2D eigenvalue weighted by Crippen LogP contribution is 2.32. The Kier molecular flexibility index (Phi) is 5.31. The molecular formula is C23H26N6O2. The molecule has 3 heterocycles. The largest absolute Gasteiger partial charge is 0.438 e. The molecule has 0 unspecified atom stereocenters. The van der Waals surface area contributed by atoms with Crippen molar-refractivity contribution in [2.24, 2.45) is 0 Å². The first-order chi connectivity index (χ1) is 15.1. The number of likely N-dealkylation sites (N-methyl/N-ethyl adjacent to an activating group) is 1. The zero-order valence-electron chi connectivity index (χ0n) is 17.5. The minimum Gasteiger partial charge on any atom is -0.438 e. The molecule has 2 aliphatic heterocycles. The molecule has 2 aromatic carbocycles. The Labute approximate surface area is 181 Å². The molecule has 0 atom stereocenters. The lowest BCUT2D eigenvalue weighted by atomic mass is 10.2. The van der Waals surface area contributed by atoms with E-state index in [4.69, 9.17) is 15.2 Å². The van der Waals surface area contributed by atoms with Gasteiger partial charge in [0.05, 0.1) is 24.5 Å². The molecule has 5 rings (SSSR count). The summed E-state index contributed by atoms with van der Waals surface area (Å²) in [5.74, 6) is 1.61. The van der Waals surface area contributed by atoms with Crippen LogP contribution in [0.1, 0.15) is 11.3 Å². The van der Waals surface area contributed by atoms with Gasteiger partial charge in [-0.15, -0.1) is 0 Å². The fourth-order valence-corrected chi connectivity index (χ4v) is 3.80. The van der Waals surface area contributed by atoms with Gasteiger partial charge in [-0.25, -0.2) is 4.98 Å². The Morgan fingerprint density at radius 3 is 2.58 bits per heavy atom. The van der Waals surface area contributed by atoms with E-state index in [0.717, 1.165) is 43.1 Å². The van der Waals surface area contributed by atoms with Crippen LogP contribution in [0.2, 0.25) is 0 Å². The average molecular weight is 419 g/mol. The van der Waals surface area contributed by atoms with Crippen LogP contribution >= 0.6 is 0 Å². The van der Waals surface area contributed by atoms with Gasteiger partial charge in [-0.2, -0.15) is 4.98 Å². The predicted octanol–water partition coefficient (Wildman–Crippen LogP) is 3.38. The Morgan fingerprint density at radius 1 is 1.00 bits per heavy atom. The van der Waals surface area contributed by atoms with Crippen LogP contribution in [0.25, 0.3) is 0 Å². The molecule has 160 valence electrons. The second-order valence-corrected chi connectivity index (χ2v) is 7.91. The number of hydrogen-bond donors (Lipinski definition) is 2. The third kappa shape index (κ3) is 4.40. The van der Waals surface area contributed by atoms with E-state index < -0.39 is 0 Å². The maximum atomic E-state index is 6.03. The second-order valence-electron chi connectivity index (χ2n) is 7.91. The number of benzene rings is 2. The fraction of sp³-hybridized carbons (Fsp3) is 0.304. The van der Waals surface area contributed by atoms with Crippen LogP contribution < -0.4 is 20.7 Å². The first-order valence-corrected chi connectivity index (χ1v) is 10.5. The Bertz CT molecular complexity index is 1060. The number of aromatic nitrogens is 2. The molecule has 3 aromatic rings. The smallest absolute Gasteiger partial charge is 0.230 e. The summed E-state index contributed by atoms with van der Waals surface area (Å²) >= 11 is 0. The number of anilines is 4. The lowest BCUT2D eigenvalue weighted by Crippen LogP contribution is -2.44. The molecule has 0 radical (unpaired) electrons. The maximum absolute atomic E-state index is 6.03. The first-order valence-electron chi connectivity index (χ1n) is 10.5. The van der Waals surface area contributed by atoms with Crippen LogP contribution in [0.3, 0.4) is 0 Å². The van der Waals surface area contributed by atoms with Crippen molar-refractivity contribution in [2.75, 3.05) is 49.2 Å². The highest BCUT2D eigenvalue weighted by molar-refractivity contribution is 5.60. The maximum Gasteiger partial charge on any atom is 0.230 e. The van der Waals surface area contributed by atoms with E-state index in [1.807, 2.05) is 18.2 Å². The summed E-state index contributed by atoms with van der Waals surface area (Å²) in [6.45, 7) is 5.14. The van der Waals surface area contributed by atoms with Gasteiger partial charge in [0, 0.05) is 49.3 Å². The summed E-state index contributed by atoms with van der Waals surface area (Å²) in [4.78, 5) is 14.0. The molecule has 0 spiro atoms. The third-order valence-corrected chi connectivity index (χ3v) is 5.60. The van der Waals surface area contributed by atoms with Crippen LogP contribution in [-0.2, 0) is 18.0 Å². The Balaban J connectivity index is 1.34. The molecule has 0 bridgehead atoms. The van der Waals surface area contributed by atoms with Crippen LogP contribution in [0.5, 0.6) is 11.6 Å². The molecule has 8 heteroatoms. The third-order valence-electron chi connectivity index (χ3n) is 5.60. The normalized spacial score (nSPS) is 16.2. The zero-order chi connectivity index (χ0) is 21.2. The number of rotatable bonds is 5. The summed E-state index contributed by atoms with van der Waals surface area (Å²) in [7, 11) is 2.16. The summed E-state index contributed by atoms with van der Waals surface area (Å²) in [5, 5.41) is 3.30. The molecule has 1 fully saturated rings. The second kappa shape index (κ2) is 8.41. The summed E-state index contributed by atoms with van der Waals surface area (Å²) in [5.41, 5.74) is 10.4. The number of nitrogens with zero attached hydrogens (tertiary/aromatic N) is 4. The van der Waals surface area contributed by atoms with Gasteiger partial charge >= 0.3 is 0 Å². The minimum absolute atomic E-state index is 0.437. The lowest BCUT2D eigenvalue weighted by molar-refractivity contribution is 0.132. The van der Waals surface area contributed by atoms with E-state index in [9.17, 15) is 0 Å². The average Bonchev–Trinajstić information content (AvgIpc) is 3.24. The van der Waals surface area contributed by atoms with Gasteiger partial charge in [0.1, 0.15) is 5.75 Å². The van der Waals surface area contributed by atoms with Crippen molar-refractivity contribution in [3.8, 4) is 11.6 Å². The Hall–Kier alpha value is -3.36. The zero-order valence-corrected chi connectivity index (χ0v) is 17.5. The van der Waals surface area contributed by atoms with Crippen molar-refractivity contribution in [1.82, 2.24) is 14.9 Å².